The van der Waals surface area contributed by atoms with E-state index in [4.69, 9.17) is 10.8 Å². The van der Waals surface area contributed by atoms with Crippen LogP contribution in [0.15, 0.2) is 0 Å². The monoisotopic (exact) mass is 214 g/mol. The molecule has 1 unspecified atom stereocenters. The molecule has 4 heteroatoms. The first-order valence-corrected chi connectivity index (χ1v) is 5.79. The van der Waals surface area contributed by atoms with Gasteiger partial charge in [-0.3, -0.25) is 4.79 Å². The van der Waals surface area contributed by atoms with Crippen molar-refractivity contribution in [3.8, 4) is 0 Å². The first-order valence-electron chi connectivity index (χ1n) is 5.79. The van der Waals surface area contributed by atoms with E-state index in [1.807, 2.05) is 0 Å². The van der Waals surface area contributed by atoms with Gasteiger partial charge < -0.3 is 15.7 Å². The maximum Gasteiger partial charge on any atom is 0.220 e. The zero-order valence-corrected chi connectivity index (χ0v) is 9.48. The van der Waals surface area contributed by atoms with Gasteiger partial charge >= 0.3 is 0 Å². The smallest absolute Gasteiger partial charge is 0.220 e. The predicted octanol–water partition coefficient (Wildman–Crippen LogP) is 0.345. The van der Waals surface area contributed by atoms with Crippen LogP contribution in [0.1, 0.15) is 32.6 Å². The van der Waals surface area contributed by atoms with Crippen LogP contribution in [-0.4, -0.2) is 41.7 Å². The molecule has 3 N–H and O–H groups in total. The average molecular weight is 214 g/mol. The van der Waals surface area contributed by atoms with Crippen molar-refractivity contribution in [3.63, 3.8) is 0 Å². The molecule has 1 amide bonds. The fourth-order valence-corrected chi connectivity index (χ4v) is 2.19. The largest absolute Gasteiger partial charge is 0.396 e. The van der Waals surface area contributed by atoms with Crippen LogP contribution < -0.4 is 5.73 Å². The van der Waals surface area contributed by atoms with Crippen molar-refractivity contribution in [2.45, 2.75) is 38.6 Å². The van der Waals surface area contributed by atoms with Gasteiger partial charge in [0.05, 0.1) is 0 Å². The van der Waals surface area contributed by atoms with Gasteiger partial charge in [0, 0.05) is 18.6 Å². The molecule has 0 spiro atoms. The summed E-state index contributed by atoms with van der Waals surface area (Å²) < 4.78 is 0. The van der Waals surface area contributed by atoms with E-state index in [2.05, 4.69) is 11.8 Å². The molecule has 1 fully saturated rings. The van der Waals surface area contributed by atoms with Crippen LogP contribution in [0.25, 0.3) is 0 Å². The fraction of sp³-hybridized carbons (Fsp3) is 0.909. The van der Waals surface area contributed by atoms with Crippen molar-refractivity contribution in [1.29, 1.82) is 0 Å². The molecule has 0 radical (unpaired) electrons. The molecule has 1 aliphatic rings. The van der Waals surface area contributed by atoms with Crippen LogP contribution in [0.4, 0.5) is 0 Å². The molecule has 0 bridgehead atoms. The summed E-state index contributed by atoms with van der Waals surface area (Å²) in [6, 6.07) is 0.506. The molecule has 0 saturated carbocycles. The molecule has 0 aromatic rings. The molecule has 1 saturated heterocycles. The number of primary amides is 1. The Balaban J connectivity index is 2.27. The van der Waals surface area contributed by atoms with Gasteiger partial charge in [0.25, 0.3) is 0 Å². The van der Waals surface area contributed by atoms with E-state index >= 15 is 0 Å². The van der Waals surface area contributed by atoms with Crippen molar-refractivity contribution >= 4 is 5.91 Å². The van der Waals surface area contributed by atoms with E-state index in [1.54, 1.807) is 0 Å². The molecular weight excluding hydrogens is 192 g/mol. The lowest BCUT2D eigenvalue weighted by molar-refractivity contribution is -0.123. The van der Waals surface area contributed by atoms with Gasteiger partial charge in [-0.1, -0.05) is 0 Å². The van der Waals surface area contributed by atoms with E-state index in [1.165, 1.54) is 0 Å². The van der Waals surface area contributed by atoms with Gasteiger partial charge in [-0.05, 0) is 45.7 Å². The summed E-state index contributed by atoms with van der Waals surface area (Å²) in [5.74, 6) is -0.0797. The minimum atomic E-state index is -0.155. The summed E-state index contributed by atoms with van der Waals surface area (Å²) in [5.41, 5.74) is 5.28. The summed E-state index contributed by atoms with van der Waals surface area (Å²) in [6.07, 6.45) is 3.66. The molecule has 0 aromatic carbocycles. The Morgan fingerprint density at radius 1 is 1.53 bits per heavy atom. The minimum Gasteiger partial charge on any atom is -0.396 e. The maximum atomic E-state index is 11.0. The van der Waals surface area contributed by atoms with Crippen molar-refractivity contribution in [3.05, 3.63) is 0 Å². The zero-order valence-electron chi connectivity index (χ0n) is 9.48. The Morgan fingerprint density at radius 2 is 2.13 bits per heavy atom. The molecular formula is C11H22N2O2. The topological polar surface area (TPSA) is 66.6 Å². The highest BCUT2D eigenvalue weighted by atomic mass is 16.2. The summed E-state index contributed by atoms with van der Waals surface area (Å²) in [7, 11) is 0. The van der Waals surface area contributed by atoms with E-state index in [-0.39, 0.29) is 18.4 Å². The van der Waals surface area contributed by atoms with Crippen molar-refractivity contribution in [1.82, 2.24) is 4.90 Å². The van der Waals surface area contributed by atoms with Gasteiger partial charge in [-0.2, -0.15) is 0 Å². The number of amides is 1. The molecule has 1 heterocycles. The number of nitrogens with two attached hydrogens (primary N) is 1. The number of piperidine rings is 1. The van der Waals surface area contributed by atoms with Crippen LogP contribution in [-0.2, 0) is 4.79 Å². The summed E-state index contributed by atoms with van der Waals surface area (Å²) in [4.78, 5) is 13.4. The second-order valence-electron chi connectivity index (χ2n) is 4.43. The zero-order chi connectivity index (χ0) is 11.3. The Bertz CT molecular complexity index is 201. The van der Waals surface area contributed by atoms with E-state index in [0.717, 1.165) is 38.8 Å². The lowest BCUT2D eigenvalue weighted by Crippen LogP contribution is -2.42. The van der Waals surface area contributed by atoms with Crippen molar-refractivity contribution in [2.75, 3.05) is 19.7 Å². The average Bonchev–Trinajstić information content (AvgIpc) is 2.26. The van der Waals surface area contributed by atoms with Gasteiger partial charge in [0.2, 0.25) is 5.91 Å². The number of rotatable bonds is 5. The first-order chi connectivity index (χ1) is 7.15. The number of hydrogen-bond donors (Lipinski definition) is 2. The first kappa shape index (κ1) is 12.5. The number of nitrogens with zero attached hydrogens (tertiary/aromatic N) is 1. The predicted molar refractivity (Wildman–Crippen MR) is 59.3 cm³/mol. The summed E-state index contributed by atoms with van der Waals surface area (Å²) in [5, 5.41) is 8.75. The molecule has 1 atom stereocenters. The van der Waals surface area contributed by atoms with Crippen molar-refractivity contribution in [2.24, 2.45) is 11.7 Å². The van der Waals surface area contributed by atoms with Crippen LogP contribution in [0.2, 0.25) is 0 Å². The van der Waals surface area contributed by atoms with Crippen LogP contribution >= 0.6 is 0 Å². The third-order valence-electron chi connectivity index (χ3n) is 3.34. The minimum absolute atomic E-state index is 0.0753. The number of carbonyl (C=O) groups is 1. The van der Waals surface area contributed by atoms with Crippen LogP contribution in [0.5, 0.6) is 0 Å². The Labute approximate surface area is 91.4 Å². The number of carbonyl (C=O) groups excluding carboxylic acids is 1. The van der Waals surface area contributed by atoms with E-state index < -0.39 is 0 Å². The SMILES string of the molecule is CC(CCCO)N1CCC(C(N)=O)CC1. The molecule has 15 heavy (non-hydrogen) atoms. The standard InChI is InChI=1S/C11H22N2O2/c1-9(3-2-8-14)13-6-4-10(5-7-13)11(12)15/h9-10,14H,2-8H2,1H3,(H2,12,15). The van der Waals surface area contributed by atoms with Crippen LogP contribution in [0.3, 0.4) is 0 Å². The quantitative estimate of drug-likeness (QED) is 0.693. The van der Waals surface area contributed by atoms with Gasteiger partial charge in [-0.15, -0.1) is 0 Å². The highest BCUT2D eigenvalue weighted by molar-refractivity contribution is 5.76. The Hall–Kier alpha value is -0.610. The second kappa shape index (κ2) is 6.08. The molecule has 0 aliphatic carbocycles. The lowest BCUT2D eigenvalue weighted by Gasteiger charge is -2.35. The van der Waals surface area contributed by atoms with Gasteiger partial charge in [0.15, 0.2) is 0 Å². The summed E-state index contributed by atoms with van der Waals surface area (Å²) >= 11 is 0. The number of hydrogen-bond acceptors (Lipinski definition) is 3. The normalized spacial score (nSPS) is 21.5. The number of aliphatic hydroxyl groups is 1. The molecule has 1 aliphatic heterocycles. The van der Waals surface area contributed by atoms with E-state index in [0.29, 0.717) is 6.04 Å². The van der Waals surface area contributed by atoms with Crippen LogP contribution in [0, 0.1) is 5.92 Å². The van der Waals surface area contributed by atoms with E-state index in [9.17, 15) is 4.79 Å². The highest BCUT2D eigenvalue weighted by Gasteiger charge is 2.25. The molecule has 88 valence electrons. The Kier molecular flexibility index (Phi) is 5.05. The highest BCUT2D eigenvalue weighted by Crippen LogP contribution is 2.19. The third kappa shape index (κ3) is 3.80. The summed E-state index contributed by atoms with van der Waals surface area (Å²) in [6.45, 7) is 4.36. The number of aliphatic hydroxyl groups excluding tert-OH is 1. The molecule has 4 nitrogen and oxygen atoms in total. The molecule has 1 rings (SSSR count). The van der Waals surface area contributed by atoms with Crippen molar-refractivity contribution < 1.29 is 9.90 Å². The third-order valence-corrected chi connectivity index (χ3v) is 3.34. The Morgan fingerprint density at radius 3 is 2.60 bits per heavy atom. The lowest BCUT2D eigenvalue weighted by atomic mass is 9.95. The fourth-order valence-electron chi connectivity index (χ4n) is 2.19. The maximum absolute atomic E-state index is 11.0. The van der Waals surface area contributed by atoms with Gasteiger partial charge in [-0.25, -0.2) is 0 Å². The van der Waals surface area contributed by atoms with Gasteiger partial charge in [0.1, 0.15) is 0 Å². The number of likely N-dealkylation sites (tertiary alicyclic amines) is 1. The second-order valence-corrected chi connectivity index (χ2v) is 4.43. The molecule has 0 aromatic heterocycles.